The third kappa shape index (κ3) is 4.74. The van der Waals surface area contributed by atoms with Crippen LogP contribution in [0.15, 0.2) is 30.6 Å². The molecule has 0 unspecified atom stereocenters. The maximum absolute atomic E-state index is 15.1. The van der Waals surface area contributed by atoms with Gasteiger partial charge in [0.15, 0.2) is 10.8 Å². The van der Waals surface area contributed by atoms with Crippen molar-refractivity contribution in [3.8, 4) is 11.3 Å². The molecule has 5 heterocycles. The molecule has 1 aromatic carbocycles. The molecule has 3 aromatic heterocycles. The van der Waals surface area contributed by atoms with Crippen LogP contribution in [0.5, 0.6) is 0 Å². The number of nitrogens with zero attached hydrogens (tertiary/aromatic N) is 7. The van der Waals surface area contributed by atoms with E-state index in [1.165, 1.54) is 23.5 Å². The molecule has 1 saturated carbocycles. The highest BCUT2D eigenvalue weighted by Gasteiger charge is 2.32. The Hall–Kier alpha value is -3.22. The number of fused-ring (bicyclic) bond motifs is 1. The first kappa shape index (κ1) is 24.8. The highest BCUT2D eigenvalue weighted by Crippen LogP contribution is 2.39. The van der Waals surface area contributed by atoms with Crippen LogP contribution in [-0.2, 0) is 9.47 Å². The minimum Gasteiger partial charge on any atom is -0.380 e. The Balaban J connectivity index is 1.28. The van der Waals surface area contributed by atoms with E-state index in [1.54, 1.807) is 7.11 Å². The molecule has 0 spiro atoms. The zero-order valence-electron chi connectivity index (χ0n) is 21.8. The van der Waals surface area contributed by atoms with Crippen LogP contribution in [0.25, 0.3) is 21.6 Å². The lowest BCUT2D eigenvalue weighted by atomic mass is 10.1. The van der Waals surface area contributed by atoms with E-state index in [4.69, 9.17) is 24.4 Å². The number of benzene rings is 1. The van der Waals surface area contributed by atoms with E-state index in [0.717, 1.165) is 49.1 Å². The molecule has 0 bridgehead atoms. The molecule has 4 aromatic rings. The van der Waals surface area contributed by atoms with Crippen LogP contribution in [0.2, 0.25) is 0 Å². The van der Waals surface area contributed by atoms with Crippen molar-refractivity contribution in [3.63, 3.8) is 0 Å². The second kappa shape index (κ2) is 9.76. The van der Waals surface area contributed by atoms with Crippen LogP contribution in [0, 0.1) is 11.6 Å². The smallest absolute Gasteiger partial charge is 0.228 e. The van der Waals surface area contributed by atoms with Crippen molar-refractivity contribution >= 4 is 32.8 Å². The molecule has 3 atom stereocenters. The van der Waals surface area contributed by atoms with Crippen molar-refractivity contribution in [2.24, 2.45) is 0 Å². The van der Waals surface area contributed by atoms with Crippen molar-refractivity contribution < 1.29 is 18.3 Å². The monoisotopic (exact) mass is 553 g/mol. The van der Waals surface area contributed by atoms with E-state index in [0.29, 0.717) is 41.1 Å². The number of rotatable bonds is 6. The number of ether oxygens (including phenoxy) is 2. The second-order valence-electron chi connectivity index (χ2n) is 10.6. The SMILES string of the molecule is CO[C@H]1CCN(c2nc3nc(N4C[C@@H](C)O[C@H](c5cnn(C6CC6)c5)C4)nc(-c4ccc(F)cc4F)c3s2)C1. The van der Waals surface area contributed by atoms with Gasteiger partial charge in [-0.2, -0.15) is 15.1 Å². The van der Waals surface area contributed by atoms with Crippen molar-refractivity contribution in [2.45, 2.75) is 50.5 Å². The first-order valence-electron chi connectivity index (χ1n) is 13.3. The number of hydrogen-bond acceptors (Lipinski definition) is 9. The van der Waals surface area contributed by atoms with Crippen LogP contribution in [0.1, 0.15) is 43.9 Å². The number of thiazole rings is 1. The van der Waals surface area contributed by atoms with Crippen molar-refractivity contribution in [1.29, 1.82) is 0 Å². The number of anilines is 2. The lowest BCUT2D eigenvalue weighted by Crippen LogP contribution is -2.43. The topological polar surface area (TPSA) is 81.4 Å². The molecule has 2 saturated heterocycles. The van der Waals surface area contributed by atoms with Gasteiger partial charge in [0, 0.05) is 50.1 Å². The van der Waals surface area contributed by atoms with Crippen LogP contribution in [-0.4, -0.2) is 70.2 Å². The normalized spacial score (nSPS) is 23.7. The summed E-state index contributed by atoms with van der Waals surface area (Å²) in [5.74, 6) is -0.854. The quantitative estimate of drug-likeness (QED) is 0.338. The number of morpholine rings is 1. The predicted octanol–water partition coefficient (Wildman–Crippen LogP) is 4.75. The molecule has 3 aliphatic rings. The number of aromatic nitrogens is 5. The molecule has 7 rings (SSSR count). The summed E-state index contributed by atoms with van der Waals surface area (Å²) >= 11 is 1.43. The summed E-state index contributed by atoms with van der Waals surface area (Å²) in [7, 11) is 1.72. The van der Waals surface area contributed by atoms with E-state index >= 15 is 4.39 Å². The maximum atomic E-state index is 15.1. The standard InChI is InChI=1S/C27H29F2N7O2S/c1-15-11-35(14-22(38-15)16-10-30-36(12-16)18-4-5-18)26-31-23(20-6-3-17(28)9-21(20)29)24-25(32-26)33-27(39-24)34-8-7-19(13-34)37-2/h3,6,9-10,12,15,18-19,22H,4-5,7-8,11,13-14H2,1-2H3/t15-,19+,22+/m1/s1. The van der Waals surface area contributed by atoms with Gasteiger partial charge in [-0.1, -0.05) is 11.3 Å². The third-order valence-corrected chi connectivity index (χ3v) is 8.74. The fourth-order valence-electron chi connectivity index (χ4n) is 5.39. The van der Waals surface area contributed by atoms with Crippen molar-refractivity contribution in [2.75, 3.05) is 43.1 Å². The summed E-state index contributed by atoms with van der Waals surface area (Å²) in [6.07, 6.45) is 7.02. The summed E-state index contributed by atoms with van der Waals surface area (Å²) < 4.78 is 43.4. The van der Waals surface area contributed by atoms with Gasteiger partial charge in [-0.3, -0.25) is 4.68 Å². The molecule has 39 heavy (non-hydrogen) atoms. The van der Waals surface area contributed by atoms with Crippen LogP contribution in [0.3, 0.4) is 0 Å². The lowest BCUT2D eigenvalue weighted by molar-refractivity contribution is -0.0178. The lowest BCUT2D eigenvalue weighted by Gasteiger charge is -2.36. The Labute approximate surface area is 228 Å². The van der Waals surface area contributed by atoms with Crippen LogP contribution in [0.4, 0.5) is 19.9 Å². The van der Waals surface area contributed by atoms with E-state index in [-0.39, 0.29) is 23.9 Å². The maximum Gasteiger partial charge on any atom is 0.228 e. The third-order valence-electron chi connectivity index (χ3n) is 7.62. The molecule has 3 fully saturated rings. The van der Waals surface area contributed by atoms with E-state index in [9.17, 15) is 4.39 Å². The van der Waals surface area contributed by atoms with Gasteiger partial charge in [0.1, 0.15) is 22.4 Å². The first-order valence-corrected chi connectivity index (χ1v) is 14.1. The average molecular weight is 554 g/mol. The van der Waals surface area contributed by atoms with Crippen molar-refractivity contribution in [1.82, 2.24) is 24.7 Å². The van der Waals surface area contributed by atoms with E-state index in [2.05, 4.69) is 21.1 Å². The van der Waals surface area contributed by atoms with Gasteiger partial charge in [-0.15, -0.1) is 0 Å². The highest BCUT2D eigenvalue weighted by molar-refractivity contribution is 7.22. The zero-order valence-corrected chi connectivity index (χ0v) is 22.6. The van der Waals surface area contributed by atoms with E-state index < -0.39 is 11.6 Å². The van der Waals surface area contributed by atoms with E-state index in [1.807, 2.05) is 17.8 Å². The Morgan fingerprint density at radius 2 is 1.92 bits per heavy atom. The zero-order chi connectivity index (χ0) is 26.7. The van der Waals surface area contributed by atoms with Gasteiger partial charge in [0.2, 0.25) is 5.95 Å². The first-order chi connectivity index (χ1) is 18.9. The molecule has 0 radical (unpaired) electrons. The van der Waals surface area contributed by atoms with Crippen molar-refractivity contribution in [3.05, 3.63) is 47.8 Å². The molecule has 0 N–H and O–H groups in total. The largest absolute Gasteiger partial charge is 0.380 e. The summed E-state index contributed by atoms with van der Waals surface area (Å²) in [6.45, 7) is 4.66. The second-order valence-corrected chi connectivity index (χ2v) is 11.5. The Kier molecular flexibility index (Phi) is 6.20. The molecule has 1 aliphatic carbocycles. The van der Waals surface area contributed by atoms with Gasteiger partial charge >= 0.3 is 0 Å². The number of methoxy groups -OCH3 is 1. The molecule has 0 amide bonds. The number of halogens is 2. The van der Waals surface area contributed by atoms with Gasteiger partial charge in [-0.25, -0.2) is 13.8 Å². The van der Waals surface area contributed by atoms with Crippen LogP contribution < -0.4 is 9.80 Å². The van der Waals surface area contributed by atoms with Gasteiger partial charge in [0.25, 0.3) is 0 Å². The molecular weight excluding hydrogens is 524 g/mol. The Bertz CT molecular complexity index is 1520. The number of hydrogen-bond donors (Lipinski definition) is 0. The summed E-state index contributed by atoms with van der Waals surface area (Å²) in [4.78, 5) is 18.8. The molecular formula is C27H29F2N7O2S. The Morgan fingerprint density at radius 3 is 2.69 bits per heavy atom. The summed E-state index contributed by atoms with van der Waals surface area (Å²) in [5, 5.41) is 5.32. The van der Waals surface area contributed by atoms with Gasteiger partial charge in [-0.05, 0) is 38.3 Å². The van der Waals surface area contributed by atoms with Gasteiger partial charge < -0.3 is 19.3 Å². The highest BCUT2D eigenvalue weighted by atomic mass is 32.1. The predicted molar refractivity (Wildman–Crippen MR) is 144 cm³/mol. The minimum atomic E-state index is -0.669. The minimum absolute atomic E-state index is 0.0834. The summed E-state index contributed by atoms with van der Waals surface area (Å²) in [5.41, 5.74) is 2.15. The fraction of sp³-hybridized carbons (Fsp3) is 0.481. The molecule has 12 heteroatoms. The Morgan fingerprint density at radius 1 is 1.05 bits per heavy atom. The average Bonchev–Trinajstić information content (AvgIpc) is 3.31. The summed E-state index contributed by atoms with van der Waals surface area (Å²) in [6, 6.07) is 4.06. The fourth-order valence-corrected chi connectivity index (χ4v) is 6.44. The molecule has 2 aliphatic heterocycles. The van der Waals surface area contributed by atoms with Gasteiger partial charge in [0.05, 0.1) is 36.7 Å². The molecule has 204 valence electrons. The molecule has 9 nitrogen and oxygen atoms in total. The van der Waals surface area contributed by atoms with Crippen LogP contribution >= 0.6 is 11.3 Å².